The van der Waals surface area contributed by atoms with Crippen LogP contribution in [-0.4, -0.2) is 27.9 Å². The van der Waals surface area contributed by atoms with Crippen LogP contribution in [0.4, 0.5) is 15.8 Å². The number of carbonyl (C=O) groups excluding carboxylic acids is 1. The molecular weight excluding hydrogens is 527 g/mol. The summed E-state index contributed by atoms with van der Waals surface area (Å²) in [4.78, 5) is 39.5. The van der Waals surface area contributed by atoms with Gasteiger partial charge >= 0.3 is 5.97 Å². The number of carboxylic acid groups (broad SMARTS) is 1. The van der Waals surface area contributed by atoms with Gasteiger partial charge in [-0.15, -0.1) is 0 Å². The summed E-state index contributed by atoms with van der Waals surface area (Å²) in [5, 5.41) is 22.5. The molecule has 1 aliphatic carbocycles. The molecule has 0 saturated heterocycles. The number of aryl methyl sites for hydroxylation is 1. The Morgan fingerprint density at radius 3 is 2.32 bits per heavy atom. The molecule has 0 spiro atoms. The van der Waals surface area contributed by atoms with Crippen molar-refractivity contribution in [3.05, 3.63) is 118 Å². The van der Waals surface area contributed by atoms with Gasteiger partial charge in [0.25, 0.3) is 11.6 Å². The van der Waals surface area contributed by atoms with Gasteiger partial charge in [0, 0.05) is 28.2 Å². The molecule has 0 bridgehead atoms. The van der Waals surface area contributed by atoms with Crippen LogP contribution >= 0.6 is 0 Å². The van der Waals surface area contributed by atoms with Gasteiger partial charge in [0.1, 0.15) is 22.7 Å². The molecule has 0 unspecified atom stereocenters. The number of benzene rings is 4. The second-order valence-electron chi connectivity index (χ2n) is 10.0. The highest BCUT2D eigenvalue weighted by Gasteiger charge is 2.35. The highest BCUT2D eigenvalue weighted by Crippen LogP contribution is 2.42. The number of amides is 1. The minimum atomic E-state index is -1.30. The largest absolute Gasteiger partial charge is 0.478 e. The topological polar surface area (TPSA) is 114 Å². The van der Waals surface area contributed by atoms with E-state index in [1.165, 1.54) is 36.4 Å². The summed E-state index contributed by atoms with van der Waals surface area (Å²) >= 11 is 0. The Balaban J connectivity index is 1.52. The summed E-state index contributed by atoms with van der Waals surface area (Å²) in [6, 6.07) is 22.2. The Hall–Kier alpha value is -5.31. The Morgan fingerprint density at radius 2 is 1.68 bits per heavy atom. The predicted molar refractivity (Wildman–Crippen MR) is 152 cm³/mol. The van der Waals surface area contributed by atoms with Crippen LogP contribution in [0.25, 0.3) is 33.4 Å². The molecule has 1 amide bonds. The van der Waals surface area contributed by atoms with E-state index in [0.29, 0.717) is 22.3 Å². The van der Waals surface area contributed by atoms with Gasteiger partial charge in [0.15, 0.2) is 0 Å². The van der Waals surface area contributed by atoms with Crippen LogP contribution in [0.2, 0.25) is 0 Å². The van der Waals surface area contributed by atoms with Crippen molar-refractivity contribution in [3.8, 4) is 22.5 Å². The molecule has 204 valence electrons. The Labute approximate surface area is 233 Å². The molecule has 0 radical (unpaired) electrons. The van der Waals surface area contributed by atoms with Gasteiger partial charge in [-0.1, -0.05) is 24.3 Å². The van der Waals surface area contributed by atoms with Crippen molar-refractivity contribution in [1.82, 2.24) is 0 Å². The number of carbonyl (C=O) groups is 2. The lowest BCUT2D eigenvalue weighted by Crippen LogP contribution is -2.33. The van der Waals surface area contributed by atoms with Gasteiger partial charge in [0.2, 0.25) is 0 Å². The minimum absolute atomic E-state index is 0.00560. The van der Waals surface area contributed by atoms with Crippen molar-refractivity contribution in [2.75, 3.05) is 4.90 Å². The lowest BCUT2D eigenvalue weighted by atomic mass is 9.94. The molecule has 41 heavy (non-hydrogen) atoms. The van der Waals surface area contributed by atoms with Gasteiger partial charge in [0.05, 0.1) is 16.6 Å². The minimum Gasteiger partial charge on any atom is -0.478 e. The molecule has 4 aromatic carbocycles. The summed E-state index contributed by atoms with van der Waals surface area (Å²) in [5.41, 5.74) is 2.19. The standard InChI is InChI=1S/C32H23FN2O6/c1-18-7-8-20(31(36)34(23-13-14-23)22-5-3-2-4-6-22)15-24(18)25-16-26-28(17-27(25)35(39)40)41-30(29(26)32(37)38)19-9-11-21(33)12-10-19/h2-12,15-17,23H,13-14H2,1H3,(H,37,38). The molecule has 0 aliphatic heterocycles. The fourth-order valence-corrected chi connectivity index (χ4v) is 5.12. The monoisotopic (exact) mass is 550 g/mol. The van der Waals surface area contributed by atoms with Crippen molar-refractivity contribution < 1.29 is 28.4 Å². The van der Waals surface area contributed by atoms with Gasteiger partial charge < -0.3 is 14.4 Å². The van der Waals surface area contributed by atoms with Crippen molar-refractivity contribution in [3.63, 3.8) is 0 Å². The normalized spacial score (nSPS) is 12.8. The number of anilines is 1. The smallest absolute Gasteiger partial charge is 0.340 e. The maximum atomic E-state index is 13.8. The fraction of sp³-hybridized carbons (Fsp3) is 0.125. The van der Waals surface area contributed by atoms with E-state index in [0.717, 1.165) is 18.5 Å². The number of carboxylic acids is 1. The maximum absolute atomic E-state index is 13.8. The molecular formula is C32H23FN2O6. The first-order chi connectivity index (χ1) is 19.7. The summed E-state index contributed by atoms with van der Waals surface area (Å²) in [6.45, 7) is 1.77. The van der Waals surface area contributed by atoms with Crippen molar-refractivity contribution in [2.24, 2.45) is 0 Å². The van der Waals surface area contributed by atoms with Crippen LogP contribution in [0.5, 0.6) is 0 Å². The van der Waals surface area contributed by atoms with Crippen LogP contribution in [0.1, 0.15) is 39.1 Å². The lowest BCUT2D eigenvalue weighted by molar-refractivity contribution is -0.384. The number of aromatic carboxylic acids is 1. The molecule has 1 aliphatic rings. The van der Waals surface area contributed by atoms with Gasteiger partial charge in [-0.3, -0.25) is 14.9 Å². The Bertz CT molecular complexity index is 1840. The SMILES string of the molecule is Cc1ccc(C(=O)N(c2ccccc2)C2CC2)cc1-c1cc2c(C(=O)O)c(-c3ccc(F)cc3)oc2cc1[N+](=O)[O-]. The number of fused-ring (bicyclic) bond motifs is 1. The predicted octanol–water partition coefficient (Wildman–Crippen LogP) is 7.63. The zero-order valence-corrected chi connectivity index (χ0v) is 21.8. The highest BCUT2D eigenvalue weighted by molar-refractivity contribution is 6.11. The average Bonchev–Trinajstić information content (AvgIpc) is 3.72. The number of nitro benzene ring substituents is 1. The van der Waals surface area contributed by atoms with E-state index in [-0.39, 0.29) is 45.5 Å². The number of rotatable bonds is 7. The van der Waals surface area contributed by atoms with Gasteiger partial charge in [-0.25, -0.2) is 9.18 Å². The molecule has 6 rings (SSSR count). The first-order valence-electron chi connectivity index (χ1n) is 13.0. The van der Waals surface area contributed by atoms with E-state index in [9.17, 15) is 29.2 Å². The molecule has 1 fully saturated rings. The summed E-state index contributed by atoms with van der Waals surface area (Å²) in [7, 11) is 0. The molecule has 1 saturated carbocycles. The van der Waals surface area contributed by atoms with E-state index in [1.807, 2.05) is 30.3 Å². The summed E-state index contributed by atoms with van der Waals surface area (Å²) in [6.07, 6.45) is 1.77. The summed E-state index contributed by atoms with van der Waals surface area (Å²) < 4.78 is 19.3. The van der Waals surface area contributed by atoms with Crippen LogP contribution < -0.4 is 4.90 Å². The van der Waals surface area contributed by atoms with E-state index >= 15 is 0 Å². The molecule has 1 N–H and O–H groups in total. The Morgan fingerprint density at radius 1 is 0.976 bits per heavy atom. The third-order valence-electron chi connectivity index (χ3n) is 7.26. The van der Waals surface area contributed by atoms with Crippen LogP contribution in [0.15, 0.2) is 89.3 Å². The zero-order chi connectivity index (χ0) is 28.8. The summed E-state index contributed by atoms with van der Waals surface area (Å²) in [5.74, 6) is -2.07. The number of para-hydroxylation sites is 1. The quantitative estimate of drug-likeness (QED) is 0.165. The van der Waals surface area contributed by atoms with E-state index in [1.54, 1.807) is 30.0 Å². The molecule has 0 atom stereocenters. The number of hydrogen-bond acceptors (Lipinski definition) is 5. The highest BCUT2D eigenvalue weighted by atomic mass is 19.1. The Kier molecular flexibility index (Phi) is 6.34. The van der Waals surface area contributed by atoms with Gasteiger partial charge in [-0.2, -0.15) is 0 Å². The van der Waals surface area contributed by atoms with Crippen LogP contribution in [0.3, 0.4) is 0 Å². The molecule has 9 heteroatoms. The van der Waals surface area contributed by atoms with E-state index in [4.69, 9.17) is 4.42 Å². The van der Waals surface area contributed by atoms with Crippen molar-refractivity contribution >= 4 is 34.2 Å². The first-order valence-corrected chi connectivity index (χ1v) is 13.0. The molecule has 1 aromatic heterocycles. The molecule has 5 aromatic rings. The van der Waals surface area contributed by atoms with E-state index < -0.39 is 16.7 Å². The van der Waals surface area contributed by atoms with Crippen LogP contribution in [-0.2, 0) is 0 Å². The number of hydrogen-bond donors (Lipinski definition) is 1. The number of nitro groups is 1. The number of nitrogens with zero attached hydrogens (tertiary/aromatic N) is 2. The van der Waals surface area contributed by atoms with Gasteiger partial charge in [-0.05, 0) is 85.5 Å². The average molecular weight is 551 g/mol. The zero-order valence-electron chi connectivity index (χ0n) is 21.8. The fourth-order valence-electron chi connectivity index (χ4n) is 5.12. The first kappa shape index (κ1) is 25.9. The lowest BCUT2D eigenvalue weighted by Gasteiger charge is -2.23. The molecule has 1 heterocycles. The number of furan rings is 1. The number of halogens is 1. The van der Waals surface area contributed by atoms with Crippen molar-refractivity contribution in [2.45, 2.75) is 25.8 Å². The maximum Gasteiger partial charge on any atom is 0.340 e. The molecule has 8 nitrogen and oxygen atoms in total. The van der Waals surface area contributed by atoms with E-state index in [2.05, 4.69) is 0 Å². The second kappa shape index (κ2) is 10.0. The third-order valence-corrected chi connectivity index (χ3v) is 7.26. The van der Waals surface area contributed by atoms with Crippen LogP contribution in [0, 0.1) is 22.9 Å². The van der Waals surface area contributed by atoms with Crippen molar-refractivity contribution in [1.29, 1.82) is 0 Å². The second-order valence-corrected chi connectivity index (χ2v) is 10.0. The third kappa shape index (κ3) is 4.71.